The summed E-state index contributed by atoms with van der Waals surface area (Å²) in [6.45, 7) is 3.76. The first-order chi connectivity index (χ1) is 6.47. The van der Waals surface area contributed by atoms with Crippen LogP contribution in [-0.2, 0) is 14.8 Å². The maximum Gasteiger partial charge on any atom is 0.235 e. The van der Waals surface area contributed by atoms with Gasteiger partial charge in [0.05, 0.1) is 12.3 Å². The van der Waals surface area contributed by atoms with Crippen LogP contribution >= 0.6 is 0 Å². The minimum absolute atomic E-state index is 0.0880. The summed E-state index contributed by atoms with van der Waals surface area (Å²) in [5, 5.41) is 2.40. The number of amides is 1. The van der Waals surface area contributed by atoms with Gasteiger partial charge >= 0.3 is 0 Å². The van der Waals surface area contributed by atoms with Crippen molar-refractivity contribution in [2.75, 3.05) is 25.9 Å². The molecule has 0 unspecified atom stereocenters. The van der Waals surface area contributed by atoms with E-state index in [0.29, 0.717) is 13.0 Å². The van der Waals surface area contributed by atoms with Crippen LogP contribution in [0.2, 0.25) is 0 Å². The second kappa shape index (κ2) is 5.98. The van der Waals surface area contributed by atoms with Crippen molar-refractivity contribution < 1.29 is 13.2 Å². The second-order valence-corrected chi connectivity index (χ2v) is 5.00. The number of nitrogens with zero attached hydrogens (tertiary/aromatic N) is 1. The Morgan fingerprint density at radius 3 is 2.29 bits per heavy atom. The number of hydrogen-bond acceptors (Lipinski definition) is 3. The molecule has 0 rings (SSSR count). The lowest BCUT2D eigenvalue weighted by Crippen LogP contribution is -2.40. The average molecular weight is 222 g/mol. The molecule has 0 aromatic carbocycles. The van der Waals surface area contributed by atoms with E-state index >= 15 is 0 Å². The fourth-order valence-electron chi connectivity index (χ4n) is 1.03. The van der Waals surface area contributed by atoms with Gasteiger partial charge in [-0.05, 0) is 6.42 Å². The number of carbonyl (C=O) groups is 1. The molecular formula is C8H18N2O3S. The molecule has 6 heteroatoms. The third-order valence-corrected chi connectivity index (χ3v) is 3.91. The van der Waals surface area contributed by atoms with E-state index < -0.39 is 10.0 Å². The van der Waals surface area contributed by atoms with Crippen molar-refractivity contribution >= 4 is 15.9 Å². The zero-order valence-electron chi connectivity index (χ0n) is 8.91. The van der Waals surface area contributed by atoms with Crippen LogP contribution in [0.5, 0.6) is 0 Å². The molecule has 0 aliphatic rings. The molecule has 1 amide bonds. The van der Waals surface area contributed by atoms with Crippen molar-refractivity contribution in [2.24, 2.45) is 0 Å². The van der Waals surface area contributed by atoms with Crippen LogP contribution in [0, 0.1) is 0 Å². The van der Waals surface area contributed by atoms with E-state index in [-0.39, 0.29) is 18.2 Å². The topological polar surface area (TPSA) is 66.5 Å². The summed E-state index contributed by atoms with van der Waals surface area (Å²) in [5.41, 5.74) is 0. The Morgan fingerprint density at radius 1 is 1.36 bits per heavy atom. The Balaban J connectivity index is 4.48. The summed E-state index contributed by atoms with van der Waals surface area (Å²) >= 11 is 0. The first-order valence-corrected chi connectivity index (χ1v) is 6.27. The van der Waals surface area contributed by atoms with Gasteiger partial charge in [-0.15, -0.1) is 0 Å². The largest absolute Gasteiger partial charge is 0.358 e. The van der Waals surface area contributed by atoms with Crippen molar-refractivity contribution in [3.8, 4) is 0 Å². The summed E-state index contributed by atoms with van der Waals surface area (Å²) in [7, 11) is -1.77. The molecule has 0 aliphatic heterocycles. The molecule has 14 heavy (non-hydrogen) atoms. The summed E-state index contributed by atoms with van der Waals surface area (Å²) < 4.78 is 24.3. The standard InChI is InChI=1S/C8H18N2O3S/c1-4-6-14(12,13)10(5-2)7-8(11)9-3/h4-7H2,1-3H3,(H,9,11). The van der Waals surface area contributed by atoms with Crippen molar-refractivity contribution in [3.05, 3.63) is 0 Å². The van der Waals surface area contributed by atoms with Crippen molar-refractivity contribution in [1.82, 2.24) is 9.62 Å². The van der Waals surface area contributed by atoms with Crippen molar-refractivity contribution in [1.29, 1.82) is 0 Å². The number of rotatable bonds is 6. The molecule has 0 radical (unpaired) electrons. The van der Waals surface area contributed by atoms with Gasteiger partial charge in [0.2, 0.25) is 15.9 Å². The van der Waals surface area contributed by atoms with E-state index in [1.807, 2.05) is 0 Å². The molecule has 0 aromatic rings. The Labute approximate surface area is 85.5 Å². The van der Waals surface area contributed by atoms with Crippen LogP contribution in [0.1, 0.15) is 20.3 Å². The highest BCUT2D eigenvalue weighted by atomic mass is 32.2. The molecule has 0 heterocycles. The number of sulfonamides is 1. The fraction of sp³-hybridized carbons (Fsp3) is 0.875. The highest BCUT2D eigenvalue weighted by Gasteiger charge is 2.21. The lowest BCUT2D eigenvalue weighted by Gasteiger charge is -2.18. The summed E-state index contributed by atoms with van der Waals surface area (Å²) in [6.07, 6.45) is 0.562. The van der Waals surface area contributed by atoms with Gasteiger partial charge in [0.25, 0.3) is 0 Å². The van der Waals surface area contributed by atoms with Gasteiger partial charge in [-0.3, -0.25) is 4.79 Å². The van der Waals surface area contributed by atoms with Crippen molar-refractivity contribution in [2.45, 2.75) is 20.3 Å². The number of hydrogen-bond donors (Lipinski definition) is 1. The molecule has 5 nitrogen and oxygen atoms in total. The van der Waals surface area contributed by atoms with Crippen LogP contribution < -0.4 is 5.32 Å². The minimum atomic E-state index is -3.26. The van der Waals surface area contributed by atoms with Gasteiger partial charge in [-0.1, -0.05) is 13.8 Å². The number of carbonyl (C=O) groups excluding carboxylic acids is 1. The van der Waals surface area contributed by atoms with E-state index in [4.69, 9.17) is 0 Å². The first-order valence-electron chi connectivity index (χ1n) is 4.66. The van der Waals surface area contributed by atoms with Crippen LogP contribution in [0.15, 0.2) is 0 Å². The summed E-state index contributed by atoms with van der Waals surface area (Å²) in [5.74, 6) is -0.191. The molecule has 0 saturated carbocycles. The molecule has 1 N–H and O–H groups in total. The maximum atomic E-state index is 11.6. The van der Waals surface area contributed by atoms with Gasteiger partial charge in [0, 0.05) is 13.6 Å². The highest BCUT2D eigenvalue weighted by Crippen LogP contribution is 2.02. The van der Waals surface area contributed by atoms with E-state index in [1.54, 1.807) is 13.8 Å². The van der Waals surface area contributed by atoms with Crippen LogP contribution in [0.25, 0.3) is 0 Å². The Morgan fingerprint density at radius 2 is 1.93 bits per heavy atom. The molecule has 0 bridgehead atoms. The molecule has 0 aromatic heterocycles. The first kappa shape index (κ1) is 13.4. The normalized spacial score (nSPS) is 11.7. The Hall–Kier alpha value is -0.620. The van der Waals surface area contributed by atoms with E-state index in [2.05, 4.69) is 5.32 Å². The molecule has 0 fully saturated rings. The lowest BCUT2D eigenvalue weighted by atomic mass is 10.5. The maximum absolute atomic E-state index is 11.6. The van der Waals surface area contributed by atoms with Crippen LogP contribution in [0.4, 0.5) is 0 Å². The van der Waals surface area contributed by atoms with Crippen LogP contribution in [-0.4, -0.2) is 44.5 Å². The lowest BCUT2D eigenvalue weighted by molar-refractivity contribution is -0.120. The van der Waals surface area contributed by atoms with Crippen molar-refractivity contribution in [3.63, 3.8) is 0 Å². The molecule has 84 valence electrons. The minimum Gasteiger partial charge on any atom is -0.358 e. The predicted molar refractivity (Wildman–Crippen MR) is 55.4 cm³/mol. The van der Waals surface area contributed by atoms with E-state index in [9.17, 15) is 13.2 Å². The quantitative estimate of drug-likeness (QED) is 0.676. The summed E-state index contributed by atoms with van der Waals surface area (Å²) in [6, 6.07) is 0. The highest BCUT2D eigenvalue weighted by molar-refractivity contribution is 7.89. The predicted octanol–water partition coefficient (Wildman–Crippen LogP) is -0.206. The Kier molecular flexibility index (Phi) is 5.71. The zero-order valence-corrected chi connectivity index (χ0v) is 9.73. The average Bonchev–Trinajstić information content (AvgIpc) is 2.13. The third kappa shape index (κ3) is 4.06. The molecule has 0 atom stereocenters. The van der Waals surface area contributed by atoms with E-state index in [1.165, 1.54) is 11.4 Å². The molecule has 0 saturated heterocycles. The SMILES string of the molecule is CCCS(=O)(=O)N(CC)CC(=O)NC. The summed E-state index contributed by atoms with van der Waals surface area (Å²) in [4.78, 5) is 11.0. The van der Waals surface area contributed by atoms with Gasteiger partial charge in [0.1, 0.15) is 0 Å². The van der Waals surface area contributed by atoms with E-state index in [0.717, 1.165) is 0 Å². The van der Waals surface area contributed by atoms with Gasteiger partial charge in [-0.2, -0.15) is 4.31 Å². The zero-order chi connectivity index (χ0) is 11.2. The number of nitrogens with one attached hydrogen (secondary N) is 1. The number of likely N-dealkylation sites (N-methyl/N-ethyl adjacent to an activating group) is 2. The van der Waals surface area contributed by atoms with Gasteiger partial charge in [0.15, 0.2) is 0 Å². The monoisotopic (exact) mass is 222 g/mol. The molecule has 0 spiro atoms. The van der Waals surface area contributed by atoms with Gasteiger partial charge in [-0.25, -0.2) is 8.42 Å². The molecular weight excluding hydrogens is 204 g/mol. The molecule has 0 aliphatic carbocycles. The van der Waals surface area contributed by atoms with Gasteiger partial charge < -0.3 is 5.32 Å². The Bertz CT molecular complexity index is 274. The van der Waals surface area contributed by atoms with Crippen LogP contribution in [0.3, 0.4) is 0 Å². The third-order valence-electron chi connectivity index (χ3n) is 1.81. The smallest absolute Gasteiger partial charge is 0.235 e. The fourth-order valence-corrected chi connectivity index (χ4v) is 2.51. The second-order valence-electron chi connectivity index (χ2n) is 2.92.